The average Bonchev–Trinajstić information content (AvgIpc) is 3.27. The number of furan rings is 1. The van der Waals surface area contributed by atoms with Gasteiger partial charge < -0.3 is 15.5 Å². The van der Waals surface area contributed by atoms with Crippen molar-refractivity contribution in [2.75, 3.05) is 12.3 Å². The van der Waals surface area contributed by atoms with Gasteiger partial charge in [-0.15, -0.1) is 0 Å². The molecule has 1 amide bonds. The highest BCUT2D eigenvalue weighted by Crippen LogP contribution is 2.21. The molecule has 0 atom stereocenters. The fourth-order valence-electron chi connectivity index (χ4n) is 2.51. The number of rotatable bonds is 6. The summed E-state index contributed by atoms with van der Waals surface area (Å²) in [7, 11) is 0. The van der Waals surface area contributed by atoms with Crippen LogP contribution in [-0.4, -0.2) is 22.2 Å². The van der Waals surface area contributed by atoms with Crippen LogP contribution in [0.5, 0.6) is 0 Å². The van der Waals surface area contributed by atoms with E-state index in [9.17, 15) is 14.4 Å². The van der Waals surface area contributed by atoms with Crippen molar-refractivity contribution in [1.29, 1.82) is 5.26 Å². The summed E-state index contributed by atoms with van der Waals surface area (Å²) >= 11 is 0. The standard InChI is InChI=1S/C18H16FN5O2/c19-13-3-5-14(6-4-13)24-17(21)15(10-20)16(23-24)2-1-8-22-18(25)12-7-9-26-11-12/h3-7,9,11H,1-2,8,21H2,(H,22,25). The number of carbonyl (C=O) groups excluding carboxylic acids is 1. The van der Waals surface area contributed by atoms with Gasteiger partial charge in [0, 0.05) is 6.54 Å². The lowest BCUT2D eigenvalue weighted by atomic mass is 10.1. The maximum atomic E-state index is 13.1. The quantitative estimate of drug-likeness (QED) is 0.661. The first kappa shape index (κ1) is 17.2. The van der Waals surface area contributed by atoms with Crippen molar-refractivity contribution in [3.63, 3.8) is 0 Å². The smallest absolute Gasteiger partial charge is 0.254 e. The molecule has 8 heteroatoms. The maximum Gasteiger partial charge on any atom is 0.254 e. The van der Waals surface area contributed by atoms with E-state index in [1.807, 2.05) is 0 Å². The first-order valence-corrected chi connectivity index (χ1v) is 7.94. The van der Waals surface area contributed by atoms with E-state index >= 15 is 0 Å². The predicted molar refractivity (Wildman–Crippen MR) is 92.0 cm³/mol. The molecular weight excluding hydrogens is 337 g/mol. The van der Waals surface area contributed by atoms with E-state index in [1.54, 1.807) is 6.07 Å². The van der Waals surface area contributed by atoms with Crippen molar-refractivity contribution in [2.24, 2.45) is 0 Å². The second kappa shape index (κ2) is 7.53. The van der Waals surface area contributed by atoms with Crippen LogP contribution in [0.3, 0.4) is 0 Å². The Balaban J connectivity index is 1.66. The van der Waals surface area contributed by atoms with Crippen LogP contribution >= 0.6 is 0 Å². The van der Waals surface area contributed by atoms with Gasteiger partial charge in [-0.05, 0) is 43.2 Å². The van der Waals surface area contributed by atoms with Gasteiger partial charge in [-0.1, -0.05) is 0 Å². The van der Waals surface area contributed by atoms with Crippen LogP contribution in [-0.2, 0) is 6.42 Å². The van der Waals surface area contributed by atoms with E-state index in [4.69, 9.17) is 10.2 Å². The van der Waals surface area contributed by atoms with E-state index in [2.05, 4.69) is 16.5 Å². The zero-order chi connectivity index (χ0) is 18.5. The number of nitrogens with two attached hydrogens (primary N) is 1. The van der Waals surface area contributed by atoms with E-state index < -0.39 is 0 Å². The molecule has 3 aromatic rings. The first-order valence-electron chi connectivity index (χ1n) is 7.94. The molecule has 132 valence electrons. The highest BCUT2D eigenvalue weighted by molar-refractivity contribution is 5.93. The molecule has 0 saturated heterocycles. The summed E-state index contributed by atoms with van der Waals surface area (Å²) in [5, 5.41) is 16.5. The number of nitriles is 1. The number of nitrogens with zero attached hydrogens (tertiary/aromatic N) is 3. The first-order chi connectivity index (χ1) is 12.6. The number of halogens is 1. The van der Waals surface area contributed by atoms with Gasteiger partial charge in [0.15, 0.2) is 0 Å². The number of hydrogen-bond donors (Lipinski definition) is 2. The minimum absolute atomic E-state index is 0.205. The van der Waals surface area contributed by atoms with Crippen molar-refractivity contribution in [1.82, 2.24) is 15.1 Å². The van der Waals surface area contributed by atoms with Crippen molar-refractivity contribution >= 4 is 11.7 Å². The summed E-state index contributed by atoms with van der Waals surface area (Å²) in [6, 6.07) is 9.30. The van der Waals surface area contributed by atoms with Gasteiger partial charge in [0.05, 0.1) is 23.2 Å². The molecule has 0 spiro atoms. The zero-order valence-corrected chi connectivity index (χ0v) is 13.8. The van der Waals surface area contributed by atoms with Crippen LogP contribution in [0, 0.1) is 17.1 Å². The molecule has 2 heterocycles. The van der Waals surface area contributed by atoms with E-state index in [-0.39, 0.29) is 23.1 Å². The van der Waals surface area contributed by atoms with Crippen LogP contribution in [0.15, 0.2) is 47.3 Å². The van der Waals surface area contributed by atoms with Crippen LogP contribution < -0.4 is 11.1 Å². The molecule has 2 aromatic heterocycles. The molecule has 26 heavy (non-hydrogen) atoms. The molecule has 0 saturated carbocycles. The summed E-state index contributed by atoms with van der Waals surface area (Å²) in [6.07, 6.45) is 3.85. The third-order valence-corrected chi connectivity index (χ3v) is 3.84. The van der Waals surface area contributed by atoms with Crippen molar-refractivity contribution in [3.8, 4) is 11.8 Å². The van der Waals surface area contributed by atoms with Crippen molar-refractivity contribution in [3.05, 3.63) is 65.5 Å². The number of nitrogen functional groups attached to an aromatic ring is 1. The molecule has 0 fully saturated rings. The monoisotopic (exact) mass is 353 g/mol. The molecule has 0 radical (unpaired) electrons. The Morgan fingerprint density at radius 2 is 2.12 bits per heavy atom. The number of anilines is 1. The van der Waals surface area contributed by atoms with E-state index in [0.717, 1.165) is 0 Å². The number of benzene rings is 1. The Labute approximate surface area is 148 Å². The zero-order valence-electron chi connectivity index (χ0n) is 13.8. The number of aryl methyl sites for hydroxylation is 1. The SMILES string of the molecule is N#Cc1c(CCCNC(=O)c2ccoc2)nn(-c2ccc(F)cc2)c1N. The highest BCUT2D eigenvalue weighted by Gasteiger charge is 2.16. The van der Waals surface area contributed by atoms with Gasteiger partial charge >= 0.3 is 0 Å². The minimum Gasteiger partial charge on any atom is -0.472 e. The summed E-state index contributed by atoms with van der Waals surface area (Å²) in [4.78, 5) is 11.8. The van der Waals surface area contributed by atoms with Gasteiger partial charge in [0.25, 0.3) is 5.91 Å². The predicted octanol–water partition coefficient (Wildman–Crippen LogP) is 2.42. The molecule has 0 aliphatic carbocycles. The summed E-state index contributed by atoms with van der Waals surface area (Å²) in [5.41, 5.74) is 7.85. The second-order valence-electron chi connectivity index (χ2n) is 5.58. The molecule has 3 N–H and O–H groups in total. The number of aromatic nitrogens is 2. The van der Waals surface area contributed by atoms with Crippen molar-refractivity contribution < 1.29 is 13.6 Å². The fraction of sp³-hybridized carbons (Fsp3) is 0.167. The summed E-state index contributed by atoms with van der Waals surface area (Å²) in [6.45, 7) is 0.415. The average molecular weight is 353 g/mol. The minimum atomic E-state index is -0.367. The van der Waals surface area contributed by atoms with E-state index in [0.29, 0.717) is 36.3 Å². The topological polar surface area (TPSA) is 110 Å². The largest absolute Gasteiger partial charge is 0.472 e. The molecule has 0 aliphatic heterocycles. The third-order valence-electron chi connectivity index (χ3n) is 3.84. The Hall–Kier alpha value is -3.60. The number of nitrogens with one attached hydrogen (secondary N) is 1. The van der Waals surface area contributed by atoms with Crippen LogP contribution in [0.4, 0.5) is 10.2 Å². The summed E-state index contributed by atoms with van der Waals surface area (Å²) < 4.78 is 19.3. The lowest BCUT2D eigenvalue weighted by molar-refractivity contribution is 0.0952. The third kappa shape index (κ3) is 3.57. The maximum absolute atomic E-state index is 13.1. The molecule has 0 unspecified atom stereocenters. The highest BCUT2D eigenvalue weighted by atomic mass is 19.1. The summed E-state index contributed by atoms with van der Waals surface area (Å²) in [5.74, 6) is -0.388. The Morgan fingerprint density at radius 3 is 2.77 bits per heavy atom. The molecule has 7 nitrogen and oxygen atoms in total. The van der Waals surface area contributed by atoms with Crippen LogP contribution in [0.25, 0.3) is 5.69 Å². The van der Waals surface area contributed by atoms with Gasteiger partial charge in [0.1, 0.15) is 29.5 Å². The number of amides is 1. The Morgan fingerprint density at radius 1 is 1.35 bits per heavy atom. The van der Waals surface area contributed by atoms with Gasteiger partial charge in [-0.25, -0.2) is 9.07 Å². The Bertz CT molecular complexity index is 939. The van der Waals surface area contributed by atoms with Crippen LogP contribution in [0.1, 0.15) is 28.0 Å². The molecule has 1 aromatic carbocycles. The van der Waals surface area contributed by atoms with E-state index in [1.165, 1.54) is 41.5 Å². The second-order valence-corrected chi connectivity index (χ2v) is 5.58. The number of carbonyl (C=O) groups is 1. The lowest BCUT2D eigenvalue weighted by Crippen LogP contribution is -2.24. The van der Waals surface area contributed by atoms with Gasteiger partial charge in [-0.2, -0.15) is 10.4 Å². The fourth-order valence-corrected chi connectivity index (χ4v) is 2.51. The molecule has 3 rings (SSSR count). The van der Waals surface area contributed by atoms with Gasteiger partial charge in [0.2, 0.25) is 0 Å². The molecular formula is C18H16FN5O2. The lowest BCUT2D eigenvalue weighted by Gasteiger charge is -2.03. The van der Waals surface area contributed by atoms with Gasteiger partial charge in [-0.3, -0.25) is 4.79 Å². The molecule has 0 bridgehead atoms. The normalized spacial score (nSPS) is 10.5. The Kier molecular flexibility index (Phi) is 4.99. The number of hydrogen-bond acceptors (Lipinski definition) is 5. The van der Waals surface area contributed by atoms with Crippen LogP contribution in [0.2, 0.25) is 0 Å². The van der Waals surface area contributed by atoms with Crippen molar-refractivity contribution in [2.45, 2.75) is 12.8 Å². The molecule has 0 aliphatic rings.